The summed E-state index contributed by atoms with van der Waals surface area (Å²) in [5, 5.41) is 3.56. The number of aliphatic imine (C=N–C) groups is 1. The Morgan fingerprint density at radius 1 is 1.22 bits per heavy atom. The molecule has 0 spiro atoms. The first-order valence-electron chi connectivity index (χ1n) is 9.52. The molecule has 3 aromatic rings. The minimum atomic E-state index is -0.153. The van der Waals surface area contributed by atoms with Crippen LogP contribution in [-0.4, -0.2) is 40.3 Å². The van der Waals surface area contributed by atoms with E-state index in [2.05, 4.69) is 45.7 Å². The Kier molecular flexibility index (Phi) is 3.89. The van der Waals surface area contributed by atoms with Crippen molar-refractivity contribution >= 4 is 22.9 Å². The number of hydrogen-bond donors (Lipinski definition) is 1. The summed E-state index contributed by atoms with van der Waals surface area (Å²) in [6, 6.07) is 12.1. The molecule has 0 fully saturated rings. The molecule has 2 aliphatic rings. The van der Waals surface area contributed by atoms with E-state index in [4.69, 9.17) is 14.4 Å². The van der Waals surface area contributed by atoms with Crippen LogP contribution in [0.5, 0.6) is 0 Å². The third-order valence-electron chi connectivity index (χ3n) is 5.20. The van der Waals surface area contributed by atoms with Gasteiger partial charge in [0, 0.05) is 6.54 Å². The van der Waals surface area contributed by atoms with E-state index in [1.165, 1.54) is 0 Å². The summed E-state index contributed by atoms with van der Waals surface area (Å²) in [7, 11) is 0. The van der Waals surface area contributed by atoms with Crippen molar-refractivity contribution in [3.8, 4) is 0 Å². The second kappa shape index (κ2) is 6.42. The number of imidazole rings is 1. The highest BCUT2D eigenvalue weighted by Crippen LogP contribution is 2.33. The maximum Gasteiger partial charge on any atom is 0.216 e. The molecule has 0 bridgehead atoms. The molecule has 2 aliphatic heterocycles. The molecule has 5 rings (SSSR count). The molecule has 0 saturated carbocycles. The van der Waals surface area contributed by atoms with Gasteiger partial charge >= 0.3 is 0 Å². The second-order valence-electron chi connectivity index (χ2n) is 7.60. The maximum atomic E-state index is 5.72. The predicted octanol–water partition coefficient (Wildman–Crippen LogP) is 3.22. The molecular weight excluding hydrogens is 340 g/mol. The van der Waals surface area contributed by atoms with Crippen LogP contribution in [0.3, 0.4) is 0 Å². The van der Waals surface area contributed by atoms with Gasteiger partial charge in [-0.25, -0.2) is 9.98 Å². The van der Waals surface area contributed by atoms with Crippen molar-refractivity contribution in [1.29, 1.82) is 0 Å². The van der Waals surface area contributed by atoms with Gasteiger partial charge in [0.2, 0.25) is 11.9 Å². The van der Waals surface area contributed by atoms with Crippen LogP contribution < -0.4 is 10.2 Å². The van der Waals surface area contributed by atoms with Crippen LogP contribution in [0.15, 0.2) is 52.1 Å². The number of hydrogen-bond acceptors (Lipinski definition) is 6. The smallest absolute Gasteiger partial charge is 0.216 e. The maximum absolute atomic E-state index is 5.72. The van der Waals surface area contributed by atoms with Crippen LogP contribution in [0.1, 0.15) is 32.2 Å². The highest BCUT2D eigenvalue weighted by molar-refractivity contribution is 5.98. The predicted molar refractivity (Wildman–Crippen MR) is 106 cm³/mol. The second-order valence-corrected chi connectivity index (χ2v) is 7.60. The number of nitrogens with zero attached hydrogens (tertiary/aromatic N) is 5. The number of rotatable bonds is 4. The van der Waals surface area contributed by atoms with Crippen molar-refractivity contribution in [3.05, 3.63) is 48.4 Å². The van der Waals surface area contributed by atoms with Gasteiger partial charge in [-0.05, 0) is 36.6 Å². The zero-order valence-electron chi connectivity index (χ0n) is 15.7. The van der Waals surface area contributed by atoms with Crippen molar-refractivity contribution < 1.29 is 4.42 Å². The SMILES string of the molecule is CC(C)CCN1CN=C2N[C@@H](c3ccco3)n3c(nc4ccccc43)N2C1. The zero-order valence-corrected chi connectivity index (χ0v) is 15.7. The Bertz CT molecular complexity index is 974. The quantitative estimate of drug-likeness (QED) is 0.770. The molecule has 4 heterocycles. The van der Waals surface area contributed by atoms with Crippen molar-refractivity contribution in [2.45, 2.75) is 26.4 Å². The van der Waals surface area contributed by atoms with Crippen LogP contribution in [0, 0.1) is 5.92 Å². The lowest BCUT2D eigenvalue weighted by atomic mass is 10.1. The third-order valence-corrected chi connectivity index (χ3v) is 5.20. The zero-order chi connectivity index (χ0) is 18.4. The van der Waals surface area contributed by atoms with Crippen molar-refractivity contribution in [1.82, 2.24) is 19.8 Å². The molecule has 0 unspecified atom stereocenters. The average Bonchev–Trinajstić information content (AvgIpc) is 3.34. The third kappa shape index (κ3) is 2.78. The molecule has 1 N–H and O–H groups in total. The molecule has 0 saturated heterocycles. The molecule has 0 radical (unpaired) electrons. The molecule has 1 aromatic carbocycles. The normalized spacial score (nSPS) is 19.7. The van der Waals surface area contributed by atoms with Crippen molar-refractivity contribution in [2.75, 3.05) is 24.8 Å². The molecule has 7 nitrogen and oxygen atoms in total. The first kappa shape index (κ1) is 16.4. The minimum Gasteiger partial charge on any atom is -0.465 e. The Balaban J connectivity index is 1.57. The molecule has 0 amide bonds. The molecule has 2 aromatic heterocycles. The number of benzene rings is 1. The topological polar surface area (TPSA) is 61.8 Å². The summed E-state index contributed by atoms with van der Waals surface area (Å²) >= 11 is 0. The summed E-state index contributed by atoms with van der Waals surface area (Å²) < 4.78 is 7.93. The summed E-state index contributed by atoms with van der Waals surface area (Å²) in [5.74, 6) is 3.30. The van der Waals surface area contributed by atoms with Gasteiger partial charge in [-0.1, -0.05) is 26.0 Å². The number of guanidine groups is 1. The average molecular weight is 364 g/mol. The van der Waals surface area contributed by atoms with Gasteiger partial charge in [-0.15, -0.1) is 0 Å². The number of nitrogens with one attached hydrogen (secondary N) is 1. The largest absolute Gasteiger partial charge is 0.465 e. The fraction of sp³-hybridized carbons (Fsp3) is 0.400. The van der Waals surface area contributed by atoms with Crippen molar-refractivity contribution in [3.63, 3.8) is 0 Å². The first-order chi connectivity index (χ1) is 13.2. The van der Waals surface area contributed by atoms with Gasteiger partial charge in [0.25, 0.3) is 0 Å². The van der Waals surface area contributed by atoms with Crippen LogP contribution >= 0.6 is 0 Å². The summed E-state index contributed by atoms with van der Waals surface area (Å²) in [5.41, 5.74) is 2.06. The summed E-state index contributed by atoms with van der Waals surface area (Å²) in [6.45, 7) is 7.04. The highest BCUT2D eigenvalue weighted by atomic mass is 16.3. The van der Waals surface area contributed by atoms with E-state index in [1.54, 1.807) is 6.26 Å². The van der Waals surface area contributed by atoms with E-state index < -0.39 is 0 Å². The monoisotopic (exact) mass is 364 g/mol. The number of anilines is 1. The Labute approximate surface area is 158 Å². The Morgan fingerprint density at radius 3 is 2.93 bits per heavy atom. The minimum absolute atomic E-state index is 0.153. The van der Waals surface area contributed by atoms with E-state index in [1.807, 2.05) is 24.3 Å². The fourth-order valence-electron chi connectivity index (χ4n) is 3.74. The van der Waals surface area contributed by atoms with E-state index in [-0.39, 0.29) is 6.17 Å². The summed E-state index contributed by atoms with van der Waals surface area (Å²) in [4.78, 5) is 14.3. The molecular formula is C20H24N6O. The van der Waals surface area contributed by atoms with Crippen LogP contribution in [0.2, 0.25) is 0 Å². The lowest BCUT2D eigenvalue weighted by Crippen LogP contribution is -2.57. The molecule has 0 aliphatic carbocycles. The first-order valence-corrected chi connectivity index (χ1v) is 9.52. The van der Waals surface area contributed by atoms with Gasteiger partial charge in [0.1, 0.15) is 5.76 Å². The molecule has 1 atom stereocenters. The molecule has 140 valence electrons. The van der Waals surface area contributed by atoms with Crippen LogP contribution in [0.25, 0.3) is 11.0 Å². The van der Waals surface area contributed by atoms with Gasteiger partial charge in [0.05, 0.1) is 30.6 Å². The standard InChI is InChI=1S/C20H24N6O/c1-14(2)9-10-24-12-21-19-23-18(17-8-5-11-27-17)26-16-7-4-3-6-15(16)22-20(26)25(19)13-24/h3-8,11,14,18H,9-10,12-13H2,1-2H3,(H,21,23)/t18-/m1/s1. The highest BCUT2D eigenvalue weighted by Gasteiger charge is 2.36. The van der Waals surface area contributed by atoms with Crippen LogP contribution in [-0.2, 0) is 0 Å². The van der Waals surface area contributed by atoms with E-state index in [9.17, 15) is 0 Å². The Hall–Kier alpha value is -2.80. The van der Waals surface area contributed by atoms with E-state index in [0.717, 1.165) is 48.3 Å². The molecule has 27 heavy (non-hydrogen) atoms. The number of para-hydroxylation sites is 2. The summed E-state index contributed by atoms with van der Waals surface area (Å²) in [6.07, 6.45) is 2.72. The van der Waals surface area contributed by atoms with Gasteiger partial charge in [-0.3, -0.25) is 14.4 Å². The molecule has 7 heteroatoms. The van der Waals surface area contributed by atoms with Crippen LogP contribution in [0.4, 0.5) is 5.95 Å². The lowest BCUT2D eigenvalue weighted by Gasteiger charge is -2.41. The Morgan fingerprint density at radius 2 is 2.11 bits per heavy atom. The number of fused-ring (bicyclic) bond motifs is 5. The van der Waals surface area contributed by atoms with Gasteiger partial charge in [-0.2, -0.15) is 0 Å². The van der Waals surface area contributed by atoms with E-state index >= 15 is 0 Å². The van der Waals surface area contributed by atoms with Crippen molar-refractivity contribution in [2.24, 2.45) is 10.9 Å². The number of furan rings is 1. The number of aromatic nitrogens is 2. The fourth-order valence-corrected chi connectivity index (χ4v) is 3.74. The van der Waals surface area contributed by atoms with Gasteiger partial charge < -0.3 is 9.73 Å². The van der Waals surface area contributed by atoms with Gasteiger partial charge in [0.15, 0.2) is 6.17 Å². The lowest BCUT2D eigenvalue weighted by molar-refractivity contribution is 0.254. The van der Waals surface area contributed by atoms with E-state index in [0.29, 0.717) is 12.6 Å².